The number of pyridine rings is 1. The van der Waals surface area contributed by atoms with Gasteiger partial charge in [0.05, 0.1) is 0 Å². The highest BCUT2D eigenvalue weighted by Crippen LogP contribution is 2.14. The predicted octanol–water partition coefficient (Wildman–Crippen LogP) is 1.19. The molecule has 0 unspecified atom stereocenters. The van der Waals surface area contributed by atoms with Crippen LogP contribution >= 0.6 is 0 Å². The number of primary amides is 1. The van der Waals surface area contributed by atoms with Gasteiger partial charge in [-0.15, -0.1) is 0 Å². The van der Waals surface area contributed by atoms with Gasteiger partial charge in [-0.3, -0.25) is 4.79 Å². The molecule has 0 fully saturated rings. The molecule has 0 atom stereocenters. The molecule has 0 spiro atoms. The fourth-order valence-electron chi connectivity index (χ4n) is 1.17. The highest BCUT2D eigenvalue weighted by atomic mass is 16.1. The van der Waals surface area contributed by atoms with E-state index in [1.807, 2.05) is 19.1 Å². The standard InChI is InChI=1S/C11H18N4O/c1-4-13-8-6-5-7-9(14-8)15-11(2,3)10(12)16/h5-7H,4H2,1-3H3,(H2,12,16)(H2,13,14,15). The molecule has 1 aromatic rings. The van der Waals surface area contributed by atoms with Crippen LogP contribution in [0.4, 0.5) is 11.6 Å². The molecular formula is C11H18N4O. The van der Waals surface area contributed by atoms with Crippen molar-refractivity contribution in [2.24, 2.45) is 5.73 Å². The monoisotopic (exact) mass is 222 g/mol. The molecule has 5 heteroatoms. The lowest BCUT2D eigenvalue weighted by Crippen LogP contribution is -2.45. The Hall–Kier alpha value is -1.78. The number of aromatic nitrogens is 1. The molecule has 0 aliphatic carbocycles. The Kier molecular flexibility index (Phi) is 3.71. The zero-order valence-electron chi connectivity index (χ0n) is 9.87. The van der Waals surface area contributed by atoms with E-state index in [1.165, 1.54) is 0 Å². The van der Waals surface area contributed by atoms with E-state index >= 15 is 0 Å². The van der Waals surface area contributed by atoms with E-state index in [0.717, 1.165) is 12.4 Å². The zero-order valence-corrected chi connectivity index (χ0v) is 9.87. The number of hydrogen-bond donors (Lipinski definition) is 3. The van der Waals surface area contributed by atoms with Gasteiger partial charge in [-0.1, -0.05) is 6.07 Å². The molecule has 16 heavy (non-hydrogen) atoms. The van der Waals surface area contributed by atoms with Crippen LogP contribution in [0, 0.1) is 0 Å². The lowest BCUT2D eigenvalue weighted by molar-refractivity contribution is -0.121. The SMILES string of the molecule is CCNc1cccc(NC(C)(C)C(N)=O)n1. The normalized spacial score (nSPS) is 10.9. The van der Waals surface area contributed by atoms with Crippen molar-refractivity contribution in [1.82, 2.24) is 4.98 Å². The quantitative estimate of drug-likeness (QED) is 0.699. The third-order valence-electron chi connectivity index (χ3n) is 2.16. The first kappa shape index (κ1) is 12.3. The zero-order chi connectivity index (χ0) is 12.2. The molecule has 1 heterocycles. The molecule has 88 valence electrons. The van der Waals surface area contributed by atoms with Crippen LogP contribution in [0.1, 0.15) is 20.8 Å². The fourth-order valence-corrected chi connectivity index (χ4v) is 1.17. The van der Waals surface area contributed by atoms with Gasteiger partial charge in [-0.25, -0.2) is 4.98 Å². The molecule has 0 radical (unpaired) electrons. The molecule has 0 aromatic carbocycles. The lowest BCUT2D eigenvalue weighted by atomic mass is 10.1. The molecule has 1 rings (SSSR count). The molecule has 0 saturated carbocycles. The summed E-state index contributed by atoms with van der Waals surface area (Å²) in [5.41, 5.74) is 4.46. The van der Waals surface area contributed by atoms with Crippen molar-refractivity contribution in [2.45, 2.75) is 26.3 Å². The first-order valence-electron chi connectivity index (χ1n) is 5.24. The van der Waals surface area contributed by atoms with Crippen LogP contribution in [0.15, 0.2) is 18.2 Å². The highest BCUT2D eigenvalue weighted by molar-refractivity contribution is 5.86. The van der Waals surface area contributed by atoms with Gasteiger partial charge in [0.25, 0.3) is 0 Å². The Bertz CT molecular complexity index is 376. The summed E-state index contributed by atoms with van der Waals surface area (Å²) in [6, 6.07) is 5.53. The van der Waals surface area contributed by atoms with Gasteiger partial charge < -0.3 is 16.4 Å². The molecule has 0 aliphatic heterocycles. The summed E-state index contributed by atoms with van der Waals surface area (Å²) in [5.74, 6) is 0.984. The molecular weight excluding hydrogens is 204 g/mol. The minimum absolute atomic E-state index is 0.414. The average molecular weight is 222 g/mol. The summed E-state index contributed by atoms with van der Waals surface area (Å²) in [7, 11) is 0. The van der Waals surface area contributed by atoms with Crippen LogP contribution in [-0.4, -0.2) is 23.0 Å². The largest absolute Gasteiger partial charge is 0.370 e. The second-order valence-corrected chi connectivity index (χ2v) is 4.05. The smallest absolute Gasteiger partial charge is 0.242 e. The van der Waals surface area contributed by atoms with Crippen molar-refractivity contribution in [3.8, 4) is 0 Å². The Morgan fingerprint density at radius 1 is 1.44 bits per heavy atom. The number of nitrogens with one attached hydrogen (secondary N) is 2. The van der Waals surface area contributed by atoms with E-state index in [4.69, 9.17) is 5.73 Å². The summed E-state index contributed by atoms with van der Waals surface area (Å²) >= 11 is 0. The van der Waals surface area contributed by atoms with Gasteiger partial charge in [0.2, 0.25) is 5.91 Å². The van der Waals surface area contributed by atoms with Gasteiger partial charge in [0.1, 0.15) is 17.2 Å². The number of carbonyl (C=O) groups excluding carboxylic acids is 1. The van der Waals surface area contributed by atoms with Crippen LogP contribution in [-0.2, 0) is 4.79 Å². The van der Waals surface area contributed by atoms with E-state index < -0.39 is 11.4 Å². The maximum Gasteiger partial charge on any atom is 0.242 e. The third kappa shape index (κ3) is 3.12. The first-order chi connectivity index (χ1) is 7.45. The molecule has 0 saturated heterocycles. The Morgan fingerprint density at radius 3 is 2.62 bits per heavy atom. The van der Waals surface area contributed by atoms with Gasteiger partial charge in [0.15, 0.2) is 0 Å². The summed E-state index contributed by atoms with van der Waals surface area (Å²) in [5, 5.41) is 6.09. The van der Waals surface area contributed by atoms with Gasteiger partial charge >= 0.3 is 0 Å². The van der Waals surface area contributed by atoms with E-state index in [1.54, 1.807) is 19.9 Å². The van der Waals surface area contributed by atoms with Crippen LogP contribution in [0.3, 0.4) is 0 Å². The number of amides is 1. The Balaban J connectivity index is 2.81. The highest BCUT2D eigenvalue weighted by Gasteiger charge is 2.24. The van der Waals surface area contributed by atoms with Gasteiger partial charge in [-0.05, 0) is 32.9 Å². The van der Waals surface area contributed by atoms with E-state index in [0.29, 0.717) is 5.82 Å². The summed E-state index contributed by atoms with van der Waals surface area (Å²) < 4.78 is 0. The van der Waals surface area contributed by atoms with Crippen molar-refractivity contribution in [2.75, 3.05) is 17.2 Å². The predicted molar refractivity (Wildman–Crippen MR) is 65.3 cm³/mol. The van der Waals surface area contributed by atoms with Crippen molar-refractivity contribution in [3.63, 3.8) is 0 Å². The molecule has 5 nitrogen and oxygen atoms in total. The molecule has 0 aliphatic rings. The molecule has 1 aromatic heterocycles. The van der Waals surface area contributed by atoms with Crippen molar-refractivity contribution in [1.29, 1.82) is 0 Å². The fraction of sp³-hybridized carbons (Fsp3) is 0.455. The van der Waals surface area contributed by atoms with Crippen LogP contribution in [0.5, 0.6) is 0 Å². The minimum atomic E-state index is -0.808. The van der Waals surface area contributed by atoms with Crippen LogP contribution in [0.2, 0.25) is 0 Å². The number of carbonyl (C=O) groups is 1. The first-order valence-corrected chi connectivity index (χ1v) is 5.24. The average Bonchev–Trinajstić information content (AvgIpc) is 2.17. The number of hydrogen-bond acceptors (Lipinski definition) is 4. The third-order valence-corrected chi connectivity index (χ3v) is 2.16. The second kappa shape index (κ2) is 4.83. The topological polar surface area (TPSA) is 80.0 Å². The van der Waals surface area contributed by atoms with Gasteiger partial charge in [0, 0.05) is 6.54 Å². The van der Waals surface area contributed by atoms with Crippen molar-refractivity contribution < 1.29 is 4.79 Å². The van der Waals surface area contributed by atoms with Crippen molar-refractivity contribution >= 4 is 17.5 Å². The van der Waals surface area contributed by atoms with Crippen molar-refractivity contribution in [3.05, 3.63) is 18.2 Å². The molecule has 1 amide bonds. The minimum Gasteiger partial charge on any atom is -0.370 e. The summed E-state index contributed by atoms with van der Waals surface area (Å²) in [6.07, 6.45) is 0. The van der Waals surface area contributed by atoms with Crippen LogP contribution in [0.25, 0.3) is 0 Å². The maximum atomic E-state index is 11.2. The lowest BCUT2D eigenvalue weighted by Gasteiger charge is -2.23. The summed E-state index contributed by atoms with van der Waals surface area (Å²) in [4.78, 5) is 15.5. The Labute approximate surface area is 95.4 Å². The maximum absolute atomic E-state index is 11.2. The van der Waals surface area contributed by atoms with Crippen LogP contribution < -0.4 is 16.4 Å². The van der Waals surface area contributed by atoms with Gasteiger partial charge in [-0.2, -0.15) is 0 Å². The number of anilines is 2. The summed E-state index contributed by atoms with van der Waals surface area (Å²) in [6.45, 7) is 6.23. The van der Waals surface area contributed by atoms with E-state index in [2.05, 4.69) is 15.6 Å². The Morgan fingerprint density at radius 2 is 2.06 bits per heavy atom. The second-order valence-electron chi connectivity index (χ2n) is 4.05. The number of nitrogens with zero attached hydrogens (tertiary/aromatic N) is 1. The number of rotatable bonds is 5. The van der Waals surface area contributed by atoms with E-state index in [-0.39, 0.29) is 0 Å². The number of nitrogens with two attached hydrogens (primary N) is 1. The molecule has 0 bridgehead atoms. The van der Waals surface area contributed by atoms with E-state index in [9.17, 15) is 4.79 Å². The molecule has 4 N–H and O–H groups in total.